The Morgan fingerprint density at radius 1 is 1.25 bits per heavy atom. The molecule has 0 bridgehead atoms. The Balaban J connectivity index is 2.94. The molecular weight excluding hydrogens is 168 g/mol. The molecule has 0 saturated carbocycles. The number of hydrogen-bond acceptors (Lipinski definition) is 3. The van der Waals surface area contributed by atoms with Crippen molar-refractivity contribution in [3.05, 3.63) is 30.5 Å². The summed E-state index contributed by atoms with van der Waals surface area (Å²) < 4.78 is 0. The molecule has 0 spiro atoms. The van der Waals surface area contributed by atoms with Crippen molar-refractivity contribution < 1.29 is 0 Å². The first kappa shape index (κ1) is 7.43. The Labute approximate surface area is 75.8 Å². The summed E-state index contributed by atoms with van der Waals surface area (Å²) in [6.45, 7) is 0. The molecule has 0 fully saturated rings. The second-order valence-electron chi connectivity index (χ2n) is 2.57. The normalized spacial score (nSPS) is 10.4. The van der Waals surface area contributed by atoms with Gasteiger partial charge < -0.3 is 5.73 Å². The van der Waals surface area contributed by atoms with Gasteiger partial charge in [0, 0.05) is 22.2 Å². The topological polar surface area (TPSA) is 38.9 Å². The summed E-state index contributed by atoms with van der Waals surface area (Å²) in [5.41, 5.74) is 7.36. The number of nitrogen functional groups attached to an aromatic ring is 1. The van der Waals surface area contributed by atoms with Gasteiger partial charge in [0.25, 0.3) is 0 Å². The summed E-state index contributed by atoms with van der Waals surface area (Å²) in [5, 5.41) is 0.963. The highest BCUT2D eigenvalue weighted by molar-refractivity contribution is 7.80. The van der Waals surface area contributed by atoms with E-state index in [2.05, 4.69) is 17.6 Å². The molecule has 2 rings (SSSR count). The second kappa shape index (κ2) is 2.68. The zero-order valence-corrected chi connectivity index (χ0v) is 7.25. The summed E-state index contributed by atoms with van der Waals surface area (Å²) in [7, 11) is 0. The summed E-state index contributed by atoms with van der Waals surface area (Å²) in [6.07, 6.45) is 1.69. The molecule has 0 radical (unpaired) electrons. The minimum atomic E-state index is 0.746. The maximum Gasteiger partial charge on any atom is 0.0855 e. The van der Waals surface area contributed by atoms with Crippen LogP contribution in [-0.4, -0.2) is 4.98 Å². The van der Waals surface area contributed by atoms with E-state index >= 15 is 0 Å². The number of nitrogens with zero attached hydrogens (tertiary/aromatic N) is 1. The maximum absolute atomic E-state index is 5.75. The van der Waals surface area contributed by atoms with Crippen LogP contribution in [0.4, 0.5) is 5.69 Å². The van der Waals surface area contributed by atoms with Crippen molar-refractivity contribution >= 4 is 29.2 Å². The first-order valence-electron chi connectivity index (χ1n) is 3.61. The first-order chi connectivity index (χ1) is 5.79. The molecule has 1 aromatic heterocycles. The molecule has 0 saturated heterocycles. The van der Waals surface area contributed by atoms with E-state index in [4.69, 9.17) is 5.73 Å². The highest BCUT2D eigenvalue weighted by Crippen LogP contribution is 2.23. The van der Waals surface area contributed by atoms with Crippen LogP contribution in [0.3, 0.4) is 0 Å². The lowest BCUT2D eigenvalue weighted by atomic mass is 10.2. The van der Waals surface area contributed by atoms with Crippen molar-refractivity contribution in [1.29, 1.82) is 0 Å². The zero-order chi connectivity index (χ0) is 8.55. The fraction of sp³-hybridized carbons (Fsp3) is 0. The van der Waals surface area contributed by atoms with Gasteiger partial charge in [-0.1, -0.05) is 12.1 Å². The van der Waals surface area contributed by atoms with Crippen LogP contribution >= 0.6 is 12.6 Å². The van der Waals surface area contributed by atoms with Gasteiger partial charge >= 0.3 is 0 Å². The monoisotopic (exact) mass is 176 g/mol. The summed E-state index contributed by atoms with van der Waals surface area (Å²) in [6, 6.07) is 7.55. The number of hydrogen-bond donors (Lipinski definition) is 2. The number of para-hydroxylation sites is 1. The van der Waals surface area contributed by atoms with Crippen molar-refractivity contribution in [1.82, 2.24) is 4.98 Å². The Morgan fingerprint density at radius 3 is 2.83 bits per heavy atom. The molecule has 1 heterocycles. The van der Waals surface area contributed by atoms with Crippen LogP contribution in [0.15, 0.2) is 35.4 Å². The molecule has 0 atom stereocenters. The lowest BCUT2D eigenvalue weighted by molar-refractivity contribution is 1.36. The van der Waals surface area contributed by atoms with Crippen molar-refractivity contribution in [2.75, 3.05) is 5.73 Å². The lowest BCUT2D eigenvalue weighted by Gasteiger charge is -2.01. The fourth-order valence-electron chi connectivity index (χ4n) is 1.18. The quantitative estimate of drug-likeness (QED) is 0.603. The number of anilines is 1. The number of fused-ring (bicyclic) bond motifs is 1. The summed E-state index contributed by atoms with van der Waals surface area (Å²) >= 11 is 4.28. The average molecular weight is 176 g/mol. The van der Waals surface area contributed by atoms with Crippen LogP contribution in [-0.2, 0) is 0 Å². The van der Waals surface area contributed by atoms with Gasteiger partial charge in [0.15, 0.2) is 0 Å². The van der Waals surface area contributed by atoms with Gasteiger partial charge in [0.05, 0.1) is 5.52 Å². The van der Waals surface area contributed by atoms with E-state index in [0.717, 1.165) is 21.5 Å². The molecule has 0 aliphatic rings. The Morgan fingerprint density at radius 2 is 2.08 bits per heavy atom. The molecule has 60 valence electrons. The molecule has 0 aliphatic carbocycles. The molecule has 0 amide bonds. The number of benzene rings is 1. The average Bonchev–Trinajstić information content (AvgIpc) is 2.07. The predicted octanol–water partition coefficient (Wildman–Crippen LogP) is 2.11. The number of aromatic nitrogens is 1. The number of pyridine rings is 1. The highest BCUT2D eigenvalue weighted by atomic mass is 32.1. The van der Waals surface area contributed by atoms with Crippen LogP contribution in [0.1, 0.15) is 0 Å². The molecule has 1 aromatic carbocycles. The van der Waals surface area contributed by atoms with Gasteiger partial charge in [-0.25, -0.2) is 0 Å². The molecule has 2 N–H and O–H groups in total. The minimum Gasteiger partial charge on any atom is -0.398 e. The van der Waals surface area contributed by atoms with E-state index in [1.807, 2.05) is 18.2 Å². The third kappa shape index (κ3) is 1.02. The van der Waals surface area contributed by atoms with E-state index < -0.39 is 0 Å². The van der Waals surface area contributed by atoms with Gasteiger partial charge in [0.2, 0.25) is 0 Å². The Hall–Kier alpha value is -1.22. The predicted molar refractivity (Wildman–Crippen MR) is 53.4 cm³/mol. The van der Waals surface area contributed by atoms with Gasteiger partial charge in [0.1, 0.15) is 0 Å². The van der Waals surface area contributed by atoms with Gasteiger partial charge in [-0.15, -0.1) is 12.6 Å². The third-order valence-corrected chi connectivity index (χ3v) is 2.14. The molecule has 0 aliphatic heterocycles. The molecule has 2 aromatic rings. The highest BCUT2D eigenvalue weighted by Gasteiger charge is 1.99. The van der Waals surface area contributed by atoms with Crippen LogP contribution < -0.4 is 5.73 Å². The van der Waals surface area contributed by atoms with Crippen molar-refractivity contribution in [2.45, 2.75) is 4.90 Å². The Kier molecular flexibility index (Phi) is 1.66. The number of thiol groups is 1. The number of rotatable bonds is 0. The van der Waals surface area contributed by atoms with Crippen LogP contribution in [0.5, 0.6) is 0 Å². The van der Waals surface area contributed by atoms with E-state index in [9.17, 15) is 0 Å². The maximum atomic E-state index is 5.75. The summed E-state index contributed by atoms with van der Waals surface area (Å²) in [4.78, 5) is 5.05. The van der Waals surface area contributed by atoms with E-state index in [0.29, 0.717) is 0 Å². The number of nitrogens with two attached hydrogens (primary N) is 1. The smallest absolute Gasteiger partial charge is 0.0855 e. The fourth-order valence-corrected chi connectivity index (χ4v) is 1.45. The van der Waals surface area contributed by atoms with Gasteiger partial charge in [-0.3, -0.25) is 4.98 Å². The van der Waals surface area contributed by atoms with Crippen LogP contribution in [0.25, 0.3) is 10.9 Å². The van der Waals surface area contributed by atoms with E-state index in [-0.39, 0.29) is 0 Å². The lowest BCUT2D eigenvalue weighted by Crippen LogP contribution is -1.88. The Bertz CT molecular complexity index is 385. The van der Waals surface area contributed by atoms with Crippen molar-refractivity contribution in [3.63, 3.8) is 0 Å². The van der Waals surface area contributed by atoms with Crippen molar-refractivity contribution in [2.24, 2.45) is 0 Å². The van der Waals surface area contributed by atoms with Crippen LogP contribution in [0.2, 0.25) is 0 Å². The second-order valence-corrected chi connectivity index (χ2v) is 3.06. The molecular formula is C9H8N2S. The molecule has 12 heavy (non-hydrogen) atoms. The minimum absolute atomic E-state index is 0.746. The van der Waals surface area contributed by atoms with Crippen LogP contribution in [0, 0.1) is 0 Å². The molecule has 3 heteroatoms. The third-order valence-electron chi connectivity index (χ3n) is 1.78. The van der Waals surface area contributed by atoms with E-state index in [1.54, 1.807) is 12.3 Å². The van der Waals surface area contributed by atoms with Crippen molar-refractivity contribution in [3.8, 4) is 0 Å². The molecule has 2 nitrogen and oxygen atoms in total. The largest absolute Gasteiger partial charge is 0.398 e. The first-order valence-corrected chi connectivity index (χ1v) is 4.06. The standard InChI is InChI=1S/C9H8N2S/c10-7-4-5-11-9-6(7)2-1-3-8(9)12/h1-5,12H,(H2,10,11). The molecule has 0 unspecified atom stereocenters. The SMILES string of the molecule is Nc1ccnc2c(S)cccc12. The van der Waals surface area contributed by atoms with Gasteiger partial charge in [-0.05, 0) is 12.1 Å². The zero-order valence-electron chi connectivity index (χ0n) is 6.36. The summed E-state index contributed by atoms with van der Waals surface area (Å²) in [5.74, 6) is 0. The van der Waals surface area contributed by atoms with Gasteiger partial charge in [-0.2, -0.15) is 0 Å². The van der Waals surface area contributed by atoms with E-state index in [1.165, 1.54) is 0 Å².